The van der Waals surface area contributed by atoms with E-state index in [1.807, 2.05) is 24.4 Å². The average molecular weight is 271 g/mol. The average Bonchev–Trinajstić information content (AvgIpc) is 2.95. The van der Waals surface area contributed by atoms with Crippen molar-refractivity contribution in [1.82, 2.24) is 9.38 Å². The fraction of sp³-hybridized carbons (Fsp3) is 0.133. The van der Waals surface area contributed by atoms with Gasteiger partial charge in [-0.3, -0.25) is 4.40 Å². The van der Waals surface area contributed by atoms with Gasteiger partial charge in [-0.2, -0.15) is 0 Å². The van der Waals surface area contributed by atoms with Crippen LogP contribution in [0, 0.1) is 0 Å². The highest BCUT2D eigenvalue weighted by Gasteiger charge is 2.25. The van der Waals surface area contributed by atoms with Crippen LogP contribution >= 0.6 is 11.6 Å². The molecule has 94 valence electrons. The fourth-order valence-electron chi connectivity index (χ4n) is 2.73. The number of imidazole rings is 1. The summed E-state index contributed by atoms with van der Waals surface area (Å²) in [7, 11) is 1.68. The summed E-state index contributed by atoms with van der Waals surface area (Å²) in [5, 5.41) is 0.682. The van der Waals surface area contributed by atoms with Gasteiger partial charge in [0.1, 0.15) is 5.75 Å². The number of hydrogen-bond acceptors (Lipinski definition) is 2. The van der Waals surface area contributed by atoms with Gasteiger partial charge >= 0.3 is 0 Å². The first-order valence-electron chi connectivity index (χ1n) is 6.10. The van der Waals surface area contributed by atoms with Crippen molar-refractivity contribution in [3.05, 3.63) is 52.8 Å². The first kappa shape index (κ1) is 10.9. The highest BCUT2D eigenvalue weighted by Crippen LogP contribution is 2.39. The molecule has 0 fully saturated rings. The molecule has 0 radical (unpaired) electrons. The zero-order chi connectivity index (χ0) is 13.0. The minimum absolute atomic E-state index is 0.682. The van der Waals surface area contributed by atoms with Crippen LogP contribution in [0.1, 0.15) is 11.3 Å². The molecule has 4 rings (SSSR count). The molecular formula is C15H11ClN2O. The Morgan fingerprint density at radius 2 is 2.21 bits per heavy atom. The van der Waals surface area contributed by atoms with Gasteiger partial charge in [0.25, 0.3) is 0 Å². The molecule has 0 saturated carbocycles. The molecule has 0 saturated heterocycles. The van der Waals surface area contributed by atoms with Crippen LogP contribution in [0.4, 0.5) is 0 Å². The van der Waals surface area contributed by atoms with E-state index in [1.54, 1.807) is 7.11 Å². The molecule has 19 heavy (non-hydrogen) atoms. The Balaban J connectivity index is 2.06. The molecule has 4 heteroatoms. The van der Waals surface area contributed by atoms with Gasteiger partial charge in [-0.25, -0.2) is 4.98 Å². The van der Waals surface area contributed by atoms with Crippen molar-refractivity contribution in [3.63, 3.8) is 0 Å². The summed E-state index contributed by atoms with van der Waals surface area (Å²) in [6.45, 7) is 0. The Bertz CT molecular complexity index is 807. The molecule has 0 bridgehead atoms. The summed E-state index contributed by atoms with van der Waals surface area (Å²) in [6, 6.07) is 9.97. The monoisotopic (exact) mass is 270 g/mol. The van der Waals surface area contributed by atoms with Crippen molar-refractivity contribution >= 4 is 17.2 Å². The van der Waals surface area contributed by atoms with Crippen molar-refractivity contribution in [3.8, 4) is 17.0 Å². The second-order valence-corrected chi connectivity index (χ2v) is 5.06. The van der Waals surface area contributed by atoms with Gasteiger partial charge in [0, 0.05) is 18.2 Å². The van der Waals surface area contributed by atoms with Crippen LogP contribution in [0.3, 0.4) is 0 Å². The van der Waals surface area contributed by atoms with E-state index < -0.39 is 0 Å². The summed E-state index contributed by atoms with van der Waals surface area (Å²) in [5.41, 5.74) is 5.50. The second kappa shape index (κ2) is 3.75. The topological polar surface area (TPSA) is 26.5 Å². The van der Waals surface area contributed by atoms with Crippen molar-refractivity contribution in [2.45, 2.75) is 6.42 Å². The van der Waals surface area contributed by atoms with E-state index in [9.17, 15) is 0 Å². The summed E-state index contributed by atoms with van der Waals surface area (Å²) in [4.78, 5) is 4.65. The molecule has 1 aliphatic carbocycles. The number of ether oxygens (including phenoxy) is 1. The zero-order valence-electron chi connectivity index (χ0n) is 10.4. The number of methoxy groups -OCH3 is 1. The van der Waals surface area contributed by atoms with Gasteiger partial charge in [0.15, 0.2) is 5.65 Å². The molecule has 0 spiro atoms. The lowest BCUT2D eigenvalue weighted by atomic mass is 10.1. The molecule has 2 heterocycles. The molecule has 3 aromatic rings. The predicted molar refractivity (Wildman–Crippen MR) is 75.0 cm³/mol. The molecular weight excluding hydrogens is 260 g/mol. The van der Waals surface area contributed by atoms with E-state index in [0.717, 1.165) is 29.2 Å². The summed E-state index contributed by atoms with van der Waals surface area (Å²) < 4.78 is 7.37. The summed E-state index contributed by atoms with van der Waals surface area (Å²) in [6.07, 6.45) is 2.86. The Kier molecular flexibility index (Phi) is 2.15. The van der Waals surface area contributed by atoms with Crippen LogP contribution < -0.4 is 4.74 Å². The fourth-order valence-corrected chi connectivity index (χ4v) is 2.93. The molecule has 1 aromatic carbocycles. The Morgan fingerprint density at radius 1 is 1.32 bits per heavy atom. The number of fused-ring (bicyclic) bond motifs is 5. The smallest absolute Gasteiger partial charge is 0.156 e. The molecule has 0 N–H and O–H groups in total. The van der Waals surface area contributed by atoms with Crippen LogP contribution in [-0.4, -0.2) is 16.5 Å². The highest BCUT2D eigenvalue weighted by molar-refractivity contribution is 6.33. The number of aromatic nitrogens is 2. The van der Waals surface area contributed by atoms with E-state index in [4.69, 9.17) is 16.3 Å². The largest absolute Gasteiger partial charge is 0.497 e. The van der Waals surface area contributed by atoms with E-state index in [-0.39, 0.29) is 0 Å². The maximum Gasteiger partial charge on any atom is 0.156 e. The van der Waals surface area contributed by atoms with Gasteiger partial charge in [0.05, 0.1) is 23.5 Å². The third-order valence-corrected chi connectivity index (χ3v) is 3.90. The van der Waals surface area contributed by atoms with Gasteiger partial charge < -0.3 is 4.74 Å². The highest BCUT2D eigenvalue weighted by atomic mass is 35.5. The summed E-state index contributed by atoms with van der Waals surface area (Å²) >= 11 is 6.20. The first-order chi connectivity index (χ1) is 9.28. The maximum absolute atomic E-state index is 6.20. The number of halogens is 1. The number of rotatable bonds is 1. The van der Waals surface area contributed by atoms with Crippen LogP contribution in [0.2, 0.25) is 5.02 Å². The maximum atomic E-state index is 6.20. The van der Waals surface area contributed by atoms with Gasteiger partial charge in [-0.1, -0.05) is 17.7 Å². The number of pyridine rings is 1. The van der Waals surface area contributed by atoms with Crippen LogP contribution in [-0.2, 0) is 6.42 Å². The SMILES string of the molecule is COc1ccc2c(c1)-c1c(nc3c(Cl)cccn13)C2. The molecule has 2 aromatic heterocycles. The van der Waals surface area contributed by atoms with Crippen molar-refractivity contribution in [2.75, 3.05) is 7.11 Å². The van der Waals surface area contributed by atoms with Crippen LogP contribution in [0.25, 0.3) is 16.9 Å². The Labute approximate surface area is 115 Å². The van der Waals surface area contributed by atoms with Gasteiger partial charge in [-0.05, 0) is 29.8 Å². The minimum atomic E-state index is 0.682. The Morgan fingerprint density at radius 3 is 3.05 bits per heavy atom. The molecule has 0 aliphatic heterocycles. The van der Waals surface area contributed by atoms with Crippen LogP contribution in [0.5, 0.6) is 5.75 Å². The standard InChI is InChI=1S/C15H11ClN2O/c1-19-10-5-4-9-7-13-14(11(9)8-10)18-6-2-3-12(16)15(18)17-13/h2-6,8H,7H2,1H3. The lowest BCUT2D eigenvalue weighted by Gasteiger charge is -2.06. The number of benzene rings is 1. The quantitative estimate of drug-likeness (QED) is 0.529. The molecule has 0 unspecified atom stereocenters. The first-order valence-corrected chi connectivity index (χ1v) is 6.48. The Hall–Kier alpha value is -2.00. The lowest BCUT2D eigenvalue weighted by molar-refractivity contribution is 0.415. The van der Waals surface area contributed by atoms with E-state index in [1.165, 1.54) is 11.1 Å². The summed E-state index contributed by atoms with van der Waals surface area (Å²) in [5.74, 6) is 0.864. The van der Waals surface area contributed by atoms with E-state index >= 15 is 0 Å². The van der Waals surface area contributed by atoms with Crippen LogP contribution in [0.15, 0.2) is 36.5 Å². The predicted octanol–water partition coefficient (Wildman–Crippen LogP) is 3.57. The van der Waals surface area contributed by atoms with Crippen molar-refractivity contribution < 1.29 is 4.74 Å². The lowest BCUT2D eigenvalue weighted by Crippen LogP contribution is -1.90. The van der Waals surface area contributed by atoms with Crippen molar-refractivity contribution in [2.24, 2.45) is 0 Å². The molecule has 0 amide bonds. The van der Waals surface area contributed by atoms with E-state index in [0.29, 0.717) is 5.02 Å². The van der Waals surface area contributed by atoms with E-state index in [2.05, 4.69) is 21.5 Å². The zero-order valence-corrected chi connectivity index (χ0v) is 11.1. The number of hydrogen-bond donors (Lipinski definition) is 0. The molecule has 0 atom stereocenters. The molecule has 1 aliphatic rings. The van der Waals surface area contributed by atoms with Crippen molar-refractivity contribution in [1.29, 1.82) is 0 Å². The molecule has 3 nitrogen and oxygen atoms in total. The third-order valence-electron chi connectivity index (χ3n) is 3.60. The minimum Gasteiger partial charge on any atom is -0.497 e. The normalized spacial score (nSPS) is 12.5. The second-order valence-electron chi connectivity index (χ2n) is 4.66. The number of nitrogens with zero attached hydrogens (tertiary/aromatic N) is 2. The van der Waals surface area contributed by atoms with Gasteiger partial charge in [0.2, 0.25) is 0 Å². The third kappa shape index (κ3) is 1.42. The van der Waals surface area contributed by atoms with Gasteiger partial charge in [-0.15, -0.1) is 0 Å².